The van der Waals surface area contributed by atoms with Crippen LogP contribution in [0.2, 0.25) is 0 Å². The molecule has 2 aromatic rings. The Hall–Kier alpha value is -2.54. The topological polar surface area (TPSA) is 75.7 Å². The highest BCUT2D eigenvalue weighted by Crippen LogP contribution is 2.25. The van der Waals surface area contributed by atoms with Crippen LogP contribution in [-0.2, 0) is 14.8 Å². The van der Waals surface area contributed by atoms with E-state index in [9.17, 15) is 13.2 Å². The molecule has 2 aromatic carbocycles. The standard InChI is InChI=1S/C24H34N2O4S/c1-7-22(20-10-11-23(30-5)19(4)16-20)25-24(27)9-8-12-26(31(6,28)29)21-14-17(2)13-18(3)15-21/h10-11,13-16,22H,7-9,12H2,1-6H3,(H,25,27)/t22-/m1/s1. The first-order valence-electron chi connectivity index (χ1n) is 10.5. The van der Waals surface area contributed by atoms with E-state index in [-0.39, 0.29) is 24.9 Å². The van der Waals surface area contributed by atoms with Crippen LogP contribution in [0.1, 0.15) is 54.5 Å². The molecule has 31 heavy (non-hydrogen) atoms. The predicted octanol–water partition coefficient (Wildman–Crippen LogP) is 4.43. The minimum absolute atomic E-state index is 0.0887. The lowest BCUT2D eigenvalue weighted by Crippen LogP contribution is -2.33. The van der Waals surface area contributed by atoms with Gasteiger partial charge in [0.05, 0.1) is 25.1 Å². The van der Waals surface area contributed by atoms with Crippen molar-refractivity contribution < 1.29 is 17.9 Å². The van der Waals surface area contributed by atoms with Gasteiger partial charge in [0.15, 0.2) is 0 Å². The summed E-state index contributed by atoms with van der Waals surface area (Å²) in [4.78, 5) is 12.6. The number of methoxy groups -OCH3 is 1. The summed E-state index contributed by atoms with van der Waals surface area (Å²) in [5.41, 5.74) is 4.69. The molecule has 0 aromatic heterocycles. The van der Waals surface area contributed by atoms with E-state index in [1.807, 2.05) is 64.1 Å². The van der Waals surface area contributed by atoms with Crippen molar-refractivity contribution in [2.75, 3.05) is 24.2 Å². The molecular formula is C24H34N2O4S. The molecule has 0 aliphatic heterocycles. The number of nitrogens with one attached hydrogen (secondary N) is 1. The summed E-state index contributed by atoms with van der Waals surface area (Å²) in [7, 11) is -1.80. The molecule has 0 bridgehead atoms. The molecule has 6 nitrogen and oxygen atoms in total. The van der Waals surface area contributed by atoms with E-state index >= 15 is 0 Å². The van der Waals surface area contributed by atoms with Gasteiger partial charge in [0, 0.05) is 13.0 Å². The summed E-state index contributed by atoms with van der Waals surface area (Å²) in [5, 5.41) is 3.07. The molecule has 2 rings (SSSR count). The molecular weight excluding hydrogens is 412 g/mol. The van der Waals surface area contributed by atoms with Gasteiger partial charge in [0.25, 0.3) is 0 Å². The third-order valence-corrected chi connectivity index (χ3v) is 6.42. The Bertz CT molecular complexity index is 998. The van der Waals surface area contributed by atoms with Gasteiger partial charge in [0.1, 0.15) is 5.75 Å². The molecule has 0 aliphatic rings. The van der Waals surface area contributed by atoms with Gasteiger partial charge >= 0.3 is 0 Å². The molecule has 7 heteroatoms. The summed E-state index contributed by atoms with van der Waals surface area (Å²) in [6.45, 7) is 8.14. The first-order valence-corrected chi connectivity index (χ1v) is 12.4. The highest BCUT2D eigenvalue weighted by Gasteiger charge is 2.19. The number of hydrogen-bond donors (Lipinski definition) is 1. The summed E-state index contributed by atoms with van der Waals surface area (Å²) >= 11 is 0. The van der Waals surface area contributed by atoms with Crippen LogP contribution < -0.4 is 14.4 Å². The van der Waals surface area contributed by atoms with Gasteiger partial charge < -0.3 is 10.1 Å². The highest BCUT2D eigenvalue weighted by molar-refractivity contribution is 7.92. The van der Waals surface area contributed by atoms with Gasteiger partial charge in [0.2, 0.25) is 15.9 Å². The van der Waals surface area contributed by atoms with E-state index in [0.29, 0.717) is 12.1 Å². The maximum atomic E-state index is 12.6. The number of carbonyl (C=O) groups is 1. The fourth-order valence-corrected chi connectivity index (χ4v) is 4.72. The van der Waals surface area contributed by atoms with Crippen LogP contribution in [0.25, 0.3) is 0 Å². The van der Waals surface area contributed by atoms with Crippen molar-refractivity contribution in [1.82, 2.24) is 5.32 Å². The van der Waals surface area contributed by atoms with Crippen molar-refractivity contribution in [1.29, 1.82) is 0 Å². The fraction of sp³-hybridized carbons (Fsp3) is 0.458. The summed E-state index contributed by atoms with van der Waals surface area (Å²) < 4.78 is 31.4. The molecule has 0 spiro atoms. The van der Waals surface area contributed by atoms with Crippen molar-refractivity contribution in [3.05, 3.63) is 58.7 Å². The number of anilines is 1. The lowest BCUT2D eigenvalue weighted by molar-refractivity contribution is -0.121. The van der Waals surface area contributed by atoms with Crippen molar-refractivity contribution in [2.24, 2.45) is 0 Å². The number of hydrogen-bond acceptors (Lipinski definition) is 4. The Balaban J connectivity index is 2.02. The minimum Gasteiger partial charge on any atom is -0.496 e. The van der Waals surface area contributed by atoms with Crippen molar-refractivity contribution >= 4 is 21.6 Å². The van der Waals surface area contributed by atoms with E-state index in [0.717, 1.165) is 34.4 Å². The molecule has 1 N–H and O–H groups in total. The van der Waals surface area contributed by atoms with Gasteiger partial charge in [-0.1, -0.05) is 25.1 Å². The van der Waals surface area contributed by atoms with Crippen LogP contribution in [0.15, 0.2) is 36.4 Å². The Morgan fingerprint density at radius 3 is 2.26 bits per heavy atom. The van der Waals surface area contributed by atoms with Crippen molar-refractivity contribution in [2.45, 2.75) is 53.0 Å². The second kappa shape index (κ2) is 10.7. The zero-order valence-corrected chi connectivity index (χ0v) is 20.2. The number of ether oxygens (including phenoxy) is 1. The molecule has 1 atom stereocenters. The third-order valence-electron chi connectivity index (χ3n) is 5.22. The zero-order valence-electron chi connectivity index (χ0n) is 19.4. The minimum atomic E-state index is -3.44. The number of amides is 1. The number of aryl methyl sites for hydroxylation is 3. The van der Waals surface area contributed by atoms with E-state index < -0.39 is 10.0 Å². The van der Waals surface area contributed by atoms with Crippen LogP contribution in [0, 0.1) is 20.8 Å². The Morgan fingerprint density at radius 1 is 1.10 bits per heavy atom. The summed E-state index contributed by atoms with van der Waals surface area (Å²) in [6, 6.07) is 11.5. The van der Waals surface area contributed by atoms with Gasteiger partial charge in [-0.2, -0.15) is 0 Å². The van der Waals surface area contributed by atoms with Crippen molar-refractivity contribution in [3.8, 4) is 5.75 Å². The van der Waals surface area contributed by atoms with Gasteiger partial charge in [-0.3, -0.25) is 9.10 Å². The quantitative estimate of drug-likeness (QED) is 0.586. The largest absolute Gasteiger partial charge is 0.496 e. The average molecular weight is 447 g/mol. The number of rotatable bonds is 10. The Kier molecular flexibility index (Phi) is 8.51. The van der Waals surface area contributed by atoms with Crippen LogP contribution in [0.5, 0.6) is 5.75 Å². The molecule has 0 saturated carbocycles. The lowest BCUT2D eigenvalue weighted by Gasteiger charge is -2.24. The summed E-state index contributed by atoms with van der Waals surface area (Å²) in [5.74, 6) is 0.728. The Morgan fingerprint density at radius 2 is 1.74 bits per heavy atom. The molecule has 0 saturated heterocycles. The molecule has 0 fully saturated rings. The molecule has 0 radical (unpaired) electrons. The normalized spacial score (nSPS) is 12.3. The van der Waals surface area contributed by atoms with Crippen molar-refractivity contribution in [3.63, 3.8) is 0 Å². The maximum absolute atomic E-state index is 12.6. The third kappa shape index (κ3) is 6.99. The maximum Gasteiger partial charge on any atom is 0.232 e. The second-order valence-corrected chi connectivity index (χ2v) is 9.95. The molecule has 0 unspecified atom stereocenters. The average Bonchev–Trinajstić information content (AvgIpc) is 2.67. The Labute approximate surface area is 186 Å². The molecule has 0 aliphatic carbocycles. The monoisotopic (exact) mass is 446 g/mol. The summed E-state index contributed by atoms with van der Waals surface area (Å²) in [6.07, 6.45) is 2.64. The van der Waals surface area contributed by atoms with Gasteiger partial charge in [-0.15, -0.1) is 0 Å². The lowest BCUT2D eigenvalue weighted by atomic mass is 10.0. The zero-order chi connectivity index (χ0) is 23.2. The number of nitrogens with zero attached hydrogens (tertiary/aromatic N) is 1. The van der Waals surface area contributed by atoms with Gasteiger partial charge in [-0.05, 0) is 74.1 Å². The fourth-order valence-electron chi connectivity index (χ4n) is 3.77. The first kappa shape index (κ1) is 24.7. The molecule has 170 valence electrons. The molecule has 0 heterocycles. The van der Waals surface area contributed by atoms with Gasteiger partial charge in [-0.25, -0.2) is 8.42 Å². The first-order chi connectivity index (χ1) is 14.5. The van der Waals surface area contributed by atoms with E-state index in [1.54, 1.807) is 7.11 Å². The van der Waals surface area contributed by atoms with Crippen LogP contribution in [0.3, 0.4) is 0 Å². The number of benzene rings is 2. The van der Waals surface area contributed by atoms with Crippen LogP contribution >= 0.6 is 0 Å². The second-order valence-electron chi connectivity index (χ2n) is 8.04. The van der Waals surface area contributed by atoms with E-state index in [2.05, 4.69) is 5.32 Å². The number of sulfonamides is 1. The number of carbonyl (C=O) groups excluding carboxylic acids is 1. The van der Waals surface area contributed by atoms with E-state index in [1.165, 1.54) is 10.6 Å². The SMILES string of the molecule is CC[C@@H](NC(=O)CCCN(c1cc(C)cc(C)c1)S(C)(=O)=O)c1ccc(OC)c(C)c1. The highest BCUT2D eigenvalue weighted by atomic mass is 32.2. The predicted molar refractivity (Wildman–Crippen MR) is 126 cm³/mol. The van der Waals surface area contributed by atoms with Crippen LogP contribution in [0.4, 0.5) is 5.69 Å². The van der Waals surface area contributed by atoms with Crippen LogP contribution in [-0.4, -0.2) is 34.2 Å². The smallest absolute Gasteiger partial charge is 0.232 e. The van der Waals surface area contributed by atoms with E-state index in [4.69, 9.17) is 4.74 Å². The molecule has 1 amide bonds.